The molecule has 0 heterocycles. The van der Waals surface area contributed by atoms with Crippen molar-refractivity contribution < 1.29 is 98.3 Å². The summed E-state index contributed by atoms with van der Waals surface area (Å²) in [7, 11) is -14.5. The molecule has 0 aromatic carbocycles. The first-order valence-electron chi connectivity index (χ1n) is 7.97. The van der Waals surface area contributed by atoms with E-state index in [1.54, 1.807) is 0 Å². The molecule has 0 radical (unpaired) electrons. The van der Waals surface area contributed by atoms with Gasteiger partial charge in [0.05, 0.1) is 19.3 Å². The Labute approximate surface area is 256 Å². The molecule has 21 nitrogen and oxygen atoms in total. The van der Waals surface area contributed by atoms with Gasteiger partial charge in [0.2, 0.25) is 0 Å². The molecular weight excluding hydrogens is 622 g/mol. The van der Waals surface area contributed by atoms with Gasteiger partial charge < -0.3 is 30.6 Å². The maximum atomic E-state index is 10.2. The molecule has 9 N–H and O–H groups in total. The SMILES string of the molecule is O=C(O)CC(C(=O)O)S(=O)(=O)O.O=C(O)CC(C(=O)O)S(=O)(=O)O.O=C(O)CC(C(=O)O)S(=O)(=O)O.[NaH].[NaH]. The molecule has 0 aromatic heterocycles. The van der Waals surface area contributed by atoms with Crippen molar-refractivity contribution in [2.45, 2.75) is 35.0 Å². The van der Waals surface area contributed by atoms with E-state index in [1.165, 1.54) is 0 Å². The Bertz CT molecular complexity index is 1020. The quantitative estimate of drug-likeness (QED) is 0.0711. The zero-order valence-corrected chi connectivity index (χ0v) is 19.5. The number of rotatable bonds is 12. The van der Waals surface area contributed by atoms with Gasteiger partial charge >= 0.3 is 94.9 Å². The van der Waals surface area contributed by atoms with Gasteiger partial charge in [-0.15, -0.1) is 0 Å². The molecule has 0 saturated carbocycles. The first kappa shape index (κ1) is 46.4. The Morgan fingerprint density at radius 3 is 0.579 bits per heavy atom. The van der Waals surface area contributed by atoms with Gasteiger partial charge in [0.1, 0.15) is 0 Å². The normalized spacial score (nSPS) is 13.0. The molecule has 3 unspecified atom stereocenters. The Balaban J connectivity index is -0.000000140. The minimum absolute atomic E-state index is 0. The number of carbonyl (C=O) groups is 6. The predicted octanol–water partition coefficient (Wildman–Crippen LogP) is -4.89. The van der Waals surface area contributed by atoms with Crippen LogP contribution in [0.1, 0.15) is 19.3 Å². The number of hydrogen-bond acceptors (Lipinski definition) is 12. The van der Waals surface area contributed by atoms with Crippen molar-refractivity contribution in [1.29, 1.82) is 0 Å². The molecule has 214 valence electrons. The third-order valence-corrected chi connectivity index (χ3v) is 6.25. The predicted molar refractivity (Wildman–Crippen MR) is 120 cm³/mol. The van der Waals surface area contributed by atoms with Crippen LogP contribution in [0.5, 0.6) is 0 Å². The molecule has 0 aliphatic heterocycles. The Morgan fingerprint density at radius 2 is 0.553 bits per heavy atom. The summed E-state index contributed by atoms with van der Waals surface area (Å²) >= 11 is 0. The molecule has 0 rings (SSSR count). The van der Waals surface area contributed by atoms with Crippen molar-refractivity contribution in [2.24, 2.45) is 0 Å². The van der Waals surface area contributed by atoms with Gasteiger partial charge in [-0.1, -0.05) is 0 Å². The van der Waals surface area contributed by atoms with Gasteiger partial charge in [0.25, 0.3) is 30.4 Å². The Morgan fingerprint density at radius 1 is 0.421 bits per heavy atom. The molecule has 3 atom stereocenters. The van der Waals surface area contributed by atoms with Gasteiger partial charge in [-0.25, -0.2) is 0 Å². The summed E-state index contributed by atoms with van der Waals surface area (Å²) in [5, 5.41) is 41.7. The standard InChI is InChI=1S/3C4H6O7S.2Na.2H/c3*5-3(6)1-2(4(7)8)12(9,10)11;;;;/h3*2H,1H2,(H,5,6)(H,7,8)(H,9,10,11);;;;. The molecule has 26 heteroatoms. The Kier molecular flexibility index (Phi) is 23.9. The van der Waals surface area contributed by atoms with Crippen LogP contribution < -0.4 is 0 Å². The van der Waals surface area contributed by atoms with Crippen molar-refractivity contribution in [3.63, 3.8) is 0 Å². The van der Waals surface area contributed by atoms with E-state index in [0.717, 1.165) is 0 Å². The van der Waals surface area contributed by atoms with Crippen LogP contribution in [0.4, 0.5) is 0 Å². The fourth-order valence-corrected chi connectivity index (χ4v) is 3.26. The first-order valence-corrected chi connectivity index (χ1v) is 12.5. The fraction of sp³-hybridized carbons (Fsp3) is 0.500. The number of aliphatic carboxylic acids is 6. The van der Waals surface area contributed by atoms with Crippen molar-refractivity contribution >= 4 is 125 Å². The van der Waals surface area contributed by atoms with Crippen molar-refractivity contribution in [3.8, 4) is 0 Å². The zero-order valence-electron chi connectivity index (χ0n) is 17.0. The monoisotopic (exact) mass is 642 g/mol. The molecule has 0 fully saturated rings. The molecule has 0 aliphatic carbocycles. The molecule has 0 saturated heterocycles. The van der Waals surface area contributed by atoms with Gasteiger partial charge in [0, 0.05) is 0 Å². The summed E-state index contributed by atoms with van der Waals surface area (Å²) in [6.45, 7) is 0. The average molecular weight is 642 g/mol. The topological polar surface area (TPSA) is 387 Å². The molecule has 0 aliphatic rings. The number of hydrogen-bond donors (Lipinski definition) is 9. The van der Waals surface area contributed by atoms with E-state index in [0.29, 0.717) is 0 Å². The van der Waals surface area contributed by atoms with Gasteiger partial charge in [-0.3, -0.25) is 42.4 Å². The molecule has 0 spiro atoms. The van der Waals surface area contributed by atoms with Crippen LogP contribution in [0.3, 0.4) is 0 Å². The van der Waals surface area contributed by atoms with Crippen molar-refractivity contribution in [3.05, 3.63) is 0 Å². The van der Waals surface area contributed by atoms with Gasteiger partial charge in [-0.2, -0.15) is 25.3 Å². The summed E-state index contributed by atoms with van der Waals surface area (Å²) in [6.07, 6.45) is -3.48. The van der Waals surface area contributed by atoms with E-state index in [-0.39, 0.29) is 59.1 Å². The van der Waals surface area contributed by atoms with Crippen LogP contribution in [-0.4, -0.2) is 180 Å². The summed E-state index contributed by atoms with van der Waals surface area (Å²) in [5.74, 6) is -10.5. The summed E-state index contributed by atoms with van der Waals surface area (Å²) in [5.41, 5.74) is 0. The second kappa shape index (κ2) is 19.6. The van der Waals surface area contributed by atoms with Gasteiger partial charge in [-0.05, 0) is 0 Å². The van der Waals surface area contributed by atoms with Crippen LogP contribution in [-0.2, 0) is 59.1 Å². The van der Waals surface area contributed by atoms with E-state index < -0.39 is 101 Å². The maximum absolute atomic E-state index is 10.2. The molecule has 0 amide bonds. The van der Waals surface area contributed by atoms with Gasteiger partial charge in [0.15, 0.2) is 15.7 Å². The van der Waals surface area contributed by atoms with Crippen LogP contribution in [0.2, 0.25) is 0 Å². The third kappa shape index (κ3) is 23.7. The third-order valence-electron chi connectivity index (χ3n) is 2.99. The summed E-state index contributed by atoms with van der Waals surface area (Å²) in [6, 6.07) is 0. The average Bonchev–Trinajstić information content (AvgIpc) is 2.59. The fourth-order valence-electron chi connectivity index (χ4n) is 1.44. The molecule has 0 bridgehead atoms. The second-order valence-corrected chi connectivity index (χ2v) is 10.6. The summed E-state index contributed by atoms with van der Waals surface area (Å²) in [4.78, 5) is 60.0. The second-order valence-electron chi connectivity index (χ2n) is 5.82. The van der Waals surface area contributed by atoms with Crippen LogP contribution in [0.15, 0.2) is 0 Å². The molecular formula is C12H20Na2O21S3. The van der Waals surface area contributed by atoms with E-state index in [9.17, 15) is 54.0 Å². The van der Waals surface area contributed by atoms with E-state index >= 15 is 0 Å². The van der Waals surface area contributed by atoms with Crippen molar-refractivity contribution in [2.75, 3.05) is 0 Å². The molecule has 38 heavy (non-hydrogen) atoms. The minimum atomic E-state index is -4.84. The van der Waals surface area contributed by atoms with E-state index in [4.69, 9.17) is 44.3 Å². The van der Waals surface area contributed by atoms with Crippen LogP contribution in [0.25, 0.3) is 0 Å². The van der Waals surface area contributed by atoms with Crippen molar-refractivity contribution in [1.82, 2.24) is 0 Å². The van der Waals surface area contributed by atoms with E-state index in [2.05, 4.69) is 0 Å². The zero-order chi connectivity index (χ0) is 29.8. The van der Waals surface area contributed by atoms with Crippen LogP contribution in [0, 0.1) is 0 Å². The Hall–Kier alpha value is -1.45. The van der Waals surface area contributed by atoms with E-state index in [1.807, 2.05) is 0 Å². The number of carboxylic acid groups (broad SMARTS) is 6. The first-order chi connectivity index (χ1) is 15.7. The number of carboxylic acids is 6. The molecule has 0 aromatic rings. The van der Waals surface area contributed by atoms with Crippen LogP contribution >= 0.6 is 0 Å². The summed E-state index contributed by atoms with van der Waals surface area (Å²) < 4.78 is 86.0.